The van der Waals surface area contributed by atoms with E-state index in [1.54, 1.807) is 4.90 Å². The predicted octanol–water partition coefficient (Wildman–Crippen LogP) is 3.64. The maximum atomic E-state index is 12.3. The van der Waals surface area contributed by atoms with Gasteiger partial charge in [-0.3, -0.25) is 15.0 Å². The van der Waals surface area contributed by atoms with Crippen molar-refractivity contribution >= 4 is 33.4 Å². The van der Waals surface area contributed by atoms with Gasteiger partial charge < -0.3 is 9.64 Å². The smallest absolute Gasteiger partial charge is 0.410 e. The molecule has 1 saturated heterocycles. The molecule has 186 valence electrons. The van der Waals surface area contributed by atoms with E-state index in [1.807, 2.05) is 20.8 Å². The summed E-state index contributed by atoms with van der Waals surface area (Å²) in [5.41, 5.74) is -0.929. The number of nitrogens with one attached hydrogen (secondary N) is 1. The Labute approximate surface area is 200 Å². The van der Waals surface area contributed by atoms with Gasteiger partial charge in [0.05, 0.1) is 9.82 Å². The van der Waals surface area contributed by atoms with Crippen molar-refractivity contribution < 1.29 is 22.9 Å². The average molecular weight is 505 g/mol. The first-order chi connectivity index (χ1) is 15.4. The summed E-state index contributed by atoms with van der Waals surface area (Å²) in [7, 11) is -3.83. The molecule has 1 heterocycles. The Morgan fingerprint density at radius 2 is 1.79 bits per heavy atom. The predicted molar refractivity (Wildman–Crippen MR) is 126 cm³/mol. The van der Waals surface area contributed by atoms with Crippen LogP contribution in [0.2, 0.25) is 5.02 Å². The molecule has 0 atom stereocenters. The first kappa shape index (κ1) is 27.3. The number of carbonyl (C=O) groups excluding carboxylic acids is 1. The monoisotopic (exact) mass is 504 g/mol. The number of nitro groups is 1. The fourth-order valence-electron chi connectivity index (χ4n) is 3.38. The highest BCUT2D eigenvalue weighted by Crippen LogP contribution is 2.27. The number of amides is 1. The first-order valence-electron chi connectivity index (χ1n) is 11.0. The minimum Gasteiger partial charge on any atom is -0.444 e. The molecule has 0 saturated carbocycles. The number of rotatable bonds is 10. The Kier molecular flexibility index (Phi) is 9.89. The Hall–Kier alpha value is -1.95. The molecular formula is C21H33ClN4O6S. The minimum atomic E-state index is -3.83. The summed E-state index contributed by atoms with van der Waals surface area (Å²) in [6, 6.07) is 3.43. The number of piperazine rings is 1. The highest BCUT2D eigenvalue weighted by atomic mass is 35.5. The lowest BCUT2D eigenvalue weighted by molar-refractivity contribution is -0.384. The lowest BCUT2D eigenvalue weighted by atomic mass is 10.2. The van der Waals surface area contributed by atoms with Crippen LogP contribution in [0.3, 0.4) is 0 Å². The Morgan fingerprint density at radius 1 is 1.15 bits per heavy atom. The van der Waals surface area contributed by atoms with E-state index < -0.39 is 26.2 Å². The zero-order valence-corrected chi connectivity index (χ0v) is 21.0. The van der Waals surface area contributed by atoms with Crippen LogP contribution in [0.4, 0.5) is 10.5 Å². The first-order valence-corrected chi connectivity index (χ1v) is 12.9. The summed E-state index contributed by atoms with van der Waals surface area (Å²) in [6.45, 7) is 9.69. The summed E-state index contributed by atoms with van der Waals surface area (Å²) in [5.74, 6) is 0. The van der Waals surface area contributed by atoms with E-state index in [-0.39, 0.29) is 22.6 Å². The highest BCUT2D eigenvalue weighted by molar-refractivity contribution is 7.89. The summed E-state index contributed by atoms with van der Waals surface area (Å²) in [6.07, 6.45) is 3.21. The zero-order valence-electron chi connectivity index (χ0n) is 19.4. The number of hydrogen-bond donors (Lipinski definition) is 1. The number of nitro benzene ring substituents is 1. The van der Waals surface area contributed by atoms with Crippen LogP contribution in [0, 0.1) is 10.1 Å². The Balaban J connectivity index is 1.62. The van der Waals surface area contributed by atoms with Crippen LogP contribution >= 0.6 is 11.6 Å². The average Bonchev–Trinajstić information content (AvgIpc) is 2.72. The topological polar surface area (TPSA) is 122 Å². The van der Waals surface area contributed by atoms with Gasteiger partial charge in [-0.05, 0) is 52.3 Å². The molecule has 0 spiro atoms. The van der Waals surface area contributed by atoms with Gasteiger partial charge in [0.1, 0.15) is 10.6 Å². The van der Waals surface area contributed by atoms with Gasteiger partial charge in [0, 0.05) is 38.8 Å². The summed E-state index contributed by atoms with van der Waals surface area (Å²) in [4.78, 5) is 26.2. The van der Waals surface area contributed by atoms with Gasteiger partial charge in [-0.2, -0.15) is 0 Å². The standard InChI is InChI=1S/C21H33ClN4O6S/c1-21(2,3)32-20(27)25-14-12-24(13-15-25)11-7-5-4-6-10-23-33(30,31)17-8-9-18(22)19(16-17)26(28)29/h8-9,16,23H,4-7,10-15H2,1-3H3. The molecular weight excluding hydrogens is 472 g/mol. The number of unbranched alkanes of at least 4 members (excludes halogenated alkanes) is 3. The number of ether oxygens (including phenoxy) is 1. The zero-order chi connectivity index (χ0) is 24.6. The molecule has 1 aromatic rings. The number of carbonyl (C=O) groups is 1. The van der Waals surface area contributed by atoms with Crippen molar-refractivity contribution in [3.63, 3.8) is 0 Å². The molecule has 12 heteroatoms. The quantitative estimate of drug-likeness (QED) is 0.293. The number of halogens is 1. The van der Waals surface area contributed by atoms with Crippen LogP contribution in [-0.2, 0) is 14.8 Å². The largest absolute Gasteiger partial charge is 0.444 e. The second kappa shape index (κ2) is 12.0. The molecule has 0 bridgehead atoms. The number of sulfonamides is 1. The molecule has 1 aliphatic heterocycles. The summed E-state index contributed by atoms with van der Waals surface area (Å²) >= 11 is 5.73. The molecule has 33 heavy (non-hydrogen) atoms. The molecule has 2 rings (SSSR count). The van der Waals surface area contributed by atoms with Gasteiger partial charge in [-0.25, -0.2) is 17.9 Å². The van der Waals surface area contributed by atoms with E-state index in [2.05, 4.69) is 9.62 Å². The normalized spacial score (nSPS) is 15.5. The van der Waals surface area contributed by atoms with Gasteiger partial charge >= 0.3 is 6.09 Å². The van der Waals surface area contributed by atoms with Crippen LogP contribution in [0.1, 0.15) is 46.5 Å². The maximum absolute atomic E-state index is 12.3. The van der Waals surface area contributed by atoms with Gasteiger partial charge in [0.25, 0.3) is 5.69 Å². The van der Waals surface area contributed by atoms with E-state index >= 15 is 0 Å². The van der Waals surface area contributed by atoms with Crippen molar-refractivity contribution in [2.45, 2.75) is 57.0 Å². The van der Waals surface area contributed by atoms with Crippen molar-refractivity contribution in [3.05, 3.63) is 33.3 Å². The second-order valence-electron chi connectivity index (χ2n) is 8.99. The Morgan fingerprint density at radius 3 is 2.39 bits per heavy atom. The van der Waals surface area contributed by atoms with Gasteiger partial charge in [0.15, 0.2) is 0 Å². The third kappa shape index (κ3) is 9.07. The molecule has 1 N–H and O–H groups in total. The van der Waals surface area contributed by atoms with Crippen molar-refractivity contribution in [1.82, 2.24) is 14.5 Å². The van der Waals surface area contributed by atoms with E-state index in [9.17, 15) is 23.3 Å². The fourth-order valence-corrected chi connectivity index (χ4v) is 4.66. The molecule has 1 amide bonds. The van der Waals surface area contributed by atoms with E-state index in [4.69, 9.17) is 16.3 Å². The molecule has 0 aliphatic carbocycles. The summed E-state index contributed by atoms with van der Waals surface area (Å²) < 4.78 is 32.6. The molecule has 1 aromatic carbocycles. The molecule has 0 aromatic heterocycles. The third-order valence-electron chi connectivity index (χ3n) is 5.14. The minimum absolute atomic E-state index is 0.106. The van der Waals surface area contributed by atoms with Crippen LogP contribution in [0.15, 0.2) is 23.1 Å². The maximum Gasteiger partial charge on any atom is 0.410 e. The third-order valence-corrected chi connectivity index (χ3v) is 6.92. The van der Waals surface area contributed by atoms with E-state index in [0.29, 0.717) is 19.5 Å². The van der Waals surface area contributed by atoms with Crippen LogP contribution < -0.4 is 4.72 Å². The summed E-state index contributed by atoms with van der Waals surface area (Å²) in [5, 5.41) is 10.8. The lowest BCUT2D eigenvalue weighted by Crippen LogP contribution is -2.50. The van der Waals surface area contributed by atoms with Crippen LogP contribution in [0.5, 0.6) is 0 Å². The van der Waals surface area contributed by atoms with Crippen LogP contribution in [-0.4, -0.2) is 74.1 Å². The highest BCUT2D eigenvalue weighted by Gasteiger charge is 2.25. The second-order valence-corrected chi connectivity index (χ2v) is 11.2. The number of hydrogen-bond acceptors (Lipinski definition) is 7. The SMILES string of the molecule is CC(C)(C)OC(=O)N1CCN(CCCCCCNS(=O)(=O)c2ccc(Cl)c([N+](=O)[O-])c2)CC1. The van der Waals surface area contributed by atoms with E-state index in [0.717, 1.165) is 45.0 Å². The van der Waals surface area contributed by atoms with Crippen molar-refractivity contribution in [3.8, 4) is 0 Å². The van der Waals surface area contributed by atoms with Gasteiger partial charge in [-0.1, -0.05) is 24.4 Å². The van der Waals surface area contributed by atoms with Crippen LogP contribution in [0.25, 0.3) is 0 Å². The van der Waals surface area contributed by atoms with Gasteiger partial charge in [0.2, 0.25) is 10.0 Å². The lowest BCUT2D eigenvalue weighted by Gasteiger charge is -2.35. The number of benzene rings is 1. The van der Waals surface area contributed by atoms with Crippen molar-refractivity contribution in [2.75, 3.05) is 39.3 Å². The molecule has 1 aliphatic rings. The molecule has 0 unspecified atom stereocenters. The molecule has 0 radical (unpaired) electrons. The Bertz CT molecular complexity index is 927. The van der Waals surface area contributed by atoms with Crippen molar-refractivity contribution in [1.29, 1.82) is 0 Å². The van der Waals surface area contributed by atoms with Crippen molar-refractivity contribution in [2.24, 2.45) is 0 Å². The number of nitrogens with zero attached hydrogens (tertiary/aromatic N) is 3. The van der Waals surface area contributed by atoms with E-state index in [1.165, 1.54) is 12.1 Å². The molecule has 10 nitrogen and oxygen atoms in total. The molecule has 1 fully saturated rings. The van der Waals surface area contributed by atoms with Gasteiger partial charge in [-0.15, -0.1) is 0 Å². The fraction of sp³-hybridized carbons (Fsp3) is 0.667.